The zero-order chi connectivity index (χ0) is 21.6. The van der Waals surface area contributed by atoms with Crippen LogP contribution in [-0.4, -0.2) is 17.4 Å². The Morgan fingerprint density at radius 3 is 2.10 bits per heavy atom. The van der Waals surface area contributed by atoms with Crippen LogP contribution in [0.3, 0.4) is 0 Å². The van der Waals surface area contributed by atoms with Crippen LogP contribution >= 0.6 is 0 Å². The van der Waals surface area contributed by atoms with Gasteiger partial charge >= 0.3 is 0 Å². The molecule has 0 heterocycles. The highest BCUT2D eigenvalue weighted by atomic mass is 16.6. The van der Waals surface area contributed by atoms with Gasteiger partial charge in [0.1, 0.15) is 0 Å². The van der Waals surface area contributed by atoms with Crippen LogP contribution in [0.1, 0.15) is 69.4 Å². The van der Waals surface area contributed by atoms with Crippen molar-refractivity contribution in [1.29, 1.82) is 0 Å². The summed E-state index contributed by atoms with van der Waals surface area (Å²) in [6.45, 7) is 2.88. The summed E-state index contributed by atoms with van der Waals surface area (Å²) in [7, 11) is 0. The number of amides is 1. The summed E-state index contributed by atoms with van der Waals surface area (Å²) in [5, 5.41) is 13.9. The number of unbranched alkanes of at least 4 members (excludes halogenated alkanes) is 7. The third kappa shape index (κ3) is 8.19. The first-order valence-electron chi connectivity index (χ1n) is 10.9. The fourth-order valence-corrected chi connectivity index (χ4v) is 3.31. The van der Waals surface area contributed by atoms with Crippen molar-refractivity contribution in [3.8, 4) is 0 Å². The topological polar surface area (TPSA) is 72.2 Å². The number of benzene rings is 2. The number of rotatable bonds is 13. The Labute approximate surface area is 179 Å². The van der Waals surface area contributed by atoms with Gasteiger partial charge in [-0.15, -0.1) is 0 Å². The maximum absolute atomic E-state index is 12.8. The number of hydrogen-bond donors (Lipinski definition) is 1. The number of nitrogens with one attached hydrogen (secondary N) is 1. The van der Waals surface area contributed by atoms with E-state index in [2.05, 4.69) is 12.2 Å². The van der Waals surface area contributed by atoms with Crippen LogP contribution in [0.2, 0.25) is 0 Å². The van der Waals surface area contributed by atoms with E-state index in [-0.39, 0.29) is 11.6 Å². The molecule has 0 aromatic heterocycles. The fourth-order valence-electron chi connectivity index (χ4n) is 3.31. The number of carbonyl (C=O) groups excluding carboxylic acids is 1. The number of hydrogen-bond acceptors (Lipinski definition) is 3. The molecule has 0 spiro atoms. The molecule has 2 aromatic rings. The Morgan fingerprint density at radius 1 is 0.900 bits per heavy atom. The normalized spacial score (nSPS) is 11.3. The van der Waals surface area contributed by atoms with Crippen LogP contribution in [0.25, 0.3) is 11.6 Å². The molecule has 0 bridgehead atoms. The highest BCUT2D eigenvalue weighted by Gasteiger charge is 2.12. The summed E-state index contributed by atoms with van der Waals surface area (Å²) in [5.41, 5.74) is 2.17. The molecule has 30 heavy (non-hydrogen) atoms. The van der Waals surface area contributed by atoms with Crippen molar-refractivity contribution in [1.82, 2.24) is 5.32 Å². The molecule has 0 aliphatic carbocycles. The van der Waals surface area contributed by atoms with Gasteiger partial charge in [0, 0.05) is 24.3 Å². The summed E-state index contributed by atoms with van der Waals surface area (Å²) in [6, 6.07) is 15.7. The zero-order valence-electron chi connectivity index (χ0n) is 17.8. The number of carbonyl (C=O) groups is 1. The first-order valence-corrected chi connectivity index (χ1v) is 10.9. The van der Waals surface area contributed by atoms with E-state index in [0.717, 1.165) is 24.0 Å². The van der Waals surface area contributed by atoms with Crippen molar-refractivity contribution in [2.75, 3.05) is 6.54 Å². The lowest BCUT2D eigenvalue weighted by atomic mass is 10.0. The molecule has 0 saturated heterocycles. The Morgan fingerprint density at radius 2 is 1.50 bits per heavy atom. The molecule has 1 N–H and O–H groups in total. The molecule has 160 valence electrons. The number of nitro groups is 1. The van der Waals surface area contributed by atoms with Crippen molar-refractivity contribution < 1.29 is 9.72 Å². The van der Waals surface area contributed by atoms with Crippen LogP contribution in [0.5, 0.6) is 0 Å². The molecule has 0 unspecified atom stereocenters. The molecule has 0 radical (unpaired) electrons. The predicted octanol–water partition coefficient (Wildman–Crippen LogP) is 6.39. The molecule has 2 aromatic carbocycles. The standard InChI is InChI=1S/C25H32N2O3/c1-2-3-4-5-6-7-8-12-19-26-25(28)24(22-13-10-9-11-14-22)20-21-15-17-23(18-16-21)27(29)30/h9-11,13-18,20H,2-8,12,19H2,1H3,(H,26,28)/b24-20-. The molecule has 0 aliphatic heterocycles. The molecular formula is C25H32N2O3. The average molecular weight is 409 g/mol. The maximum Gasteiger partial charge on any atom is 0.269 e. The minimum atomic E-state index is -0.428. The van der Waals surface area contributed by atoms with E-state index in [1.54, 1.807) is 18.2 Å². The van der Waals surface area contributed by atoms with Crippen LogP contribution in [0.4, 0.5) is 5.69 Å². The number of nitrogens with zero attached hydrogens (tertiary/aromatic N) is 1. The number of non-ortho nitro benzene ring substituents is 1. The van der Waals surface area contributed by atoms with E-state index in [1.807, 2.05) is 30.3 Å². The van der Waals surface area contributed by atoms with Crippen LogP contribution in [0.15, 0.2) is 54.6 Å². The third-order valence-electron chi connectivity index (χ3n) is 5.06. The Bertz CT molecular complexity index is 814. The van der Waals surface area contributed by atoms with Gasteiger partial charge < -0.3 is 5.32 Å². The van der Waals surface area contributed by atoms with E-state index in [1.165, 1.54) is 50.7 Å². The molecule has 0 saturated carbocycles. The smallest absolute Gasteiger partial charge is 0.269 e. The van der Waals surface area contributed by atoms with Gasteiger partial charge in [-0.2, -0.15) is 0 Å². The van der Waals surface area contributed by atoms with Crippen LogP contribution < -0.4 is 5.32 Å². The monoisotopic (exact) mass is 408 g/mol. The molecule has 5 nitrogen and oxygen atoms in total. The van der Waals surface area contributed by atoms with Gasteiger partial charge in [0.2, 0.25) is 0 Å². The molecule has 2 rings (SSSR count). The van der Waals surface area contributed by atoms with E-state index in [4.69, 9.17) is 0 Å². The first kappa shape index (κ1) is 23.3. The van der Waals surface area contributed by atoms with E-state index in [9.17, 15) is 14.9 Å². The van der Waals surface area contributed by atoms with E-state index < -0.39 is 4.92 Å². The molecule has 5 heteroatoms. The Balaban J connectivity index is 1.93. The summed E-state index contributed by atoms with van der Waals surface area (Å²) in [6.07, 6.45) is 11.6. The fraction of sp³-hybridized carbons (Fsp3) is 0.400. The number of nitro benzene ring substituents is 1. The van der Waals surface area contributed by atoms with Gasteiger partial charge in [0.15, 0.2) is 0 Å². The zero-order valence-corrected chi connectivity index (χ0v) is 17.8. The molecule has 0 fully saturated rings. The quantitative estimate of drug-likeness (QED) is 0.137. The summed E-state index contributed by atoms with van der Waals surface area (Å²) < 4.78 is 0. The maximum atomic E-state index is 12.8. The van der Waals surface area contributed by atoms with Gasteiger partial charge in [-0.05, 0) is 35.8 Å². The minimum Gasteiger partial charge on any atom is -0.352 e. The molecule has 0 aliphatic rings. The highest BCUT2D eigenvalue weighted by molar-refractivity contribution is 6.24. The second-order valence-corrected chi connectivity index (χ2v) is 7.50. The van der Waals surface area contributed by atoms with E-state index >= 15 is 0 Å². The lowest BCUT2D eigenvalue weighted by Crippen LogP contribution is -2.25. The van der Waals surface area contributed by atoms with Crippen molar-refractivity contribution in [3.05, 3.63) is 75.8 Å². The SMILES string of the molecule is CCCCCCCCCCNC(=O)/C(=C\c1ccc([N+](=O)[O-])cc1)c1ccccc1. The van der Waals surface area contributed by atoms with Gasteiger partial charge in [-0.3, -0.25) is 14.9 Å². The highest BCUT2D eigenvalue weighted by Crippen LogP contribution is 2.20. The summed E-state index contributed by atoms with van der Waals surface area (Å²) in [4.78, 5) is 23.3. The van der Waals surface area contributed by atoms with Gasteiger partial charge in [-0.25, -0.2) is 0 Å². The predicted molar refractivity (Wildman–Crippen MR) is 123 cm³/mol. The van der Waals surface area contributed by atoms with Crippen molar-refractivity contribution in [2.45, 2.75) is 58.3 Å². The lowest BCUT2D eigenvalue weighted by Gasteiger charge is -2.10. The van der Waals surface area contributed by atoms with Crippen LogP contribution in [0, 0.1) is 10.1 Å². The largest absolute Gasteiger partial charge is 0.352 e. The van der Waals surface area contributed by atoms with Crippen molar-refractivity contribution >= 4 is 23.2 Å². The lowest BCUT2D eigenvalue weighted by molar-refractivity contribution is -0.384. The average Bonchev–Trinajstić information content (AvgIpc) is 2.77. The summed E-state index contributed by atoms with van der Waals surface area (Å²) in [5.74, 6) is -0.123. The molecular weight excluding hydrogens is 376 g/mol. The first-order chi connectivity index (χ1) is 14.6. The third-order valence-corrected chi connectivity index (χ3v) is 5.06. The van der Waals surface area contributed by atoms with Crippen molar-refractivity contribution in [3.63, 3.8) is 0 Å². The second-order valence-electron chi connectivity index (χ2n) is 7.50. The second kappa shape index (κ2) is 13.3. The van der Waals surface area contributed by atoms with Crippen LogP contribution in [-0.2, 0) is 4.79 Å². The molecule has 0 atom stereocenters. The van der Waals surface area contributed by atoms with Gasteiger partial charge in [0.05, 0.1) is 4.92 Å². The Hall–Kier alpha value is -2.95. The Kier molecular flexibility index (Phi) is 10.3. The van der Waals surface area contributed by atoms with Gasteiger partial charge in [-0.1, -0.05) is 82.2 Å². The van der Waals surface area contributed by atoms with E-state index in [0.29, 0.717) is 12.1 Å². The van der Waals surface area contributed by atoms with Crippen molar-refractivity contribution in [2.24, 2.45) is 0 Å². The van der Waals surface area contributed by atoms with Gasteiger partial charge in [0.25, 0.3) is 11.6 Å². The minimum absolute atomic E-state index is 0.0348. The summed E-state index contributed by atoms with van der Waals surface area (Å²) >= 11 is 0. The molecule has 1 amide bonds.